The Morgan fingerprint density at radius 2 is 1.59 bits per heavy atom. The van der Waals surface area contributed by atoms with Crippen LogP contribution in [0.25, 0.3) is 0 Å². The molecule has 0 bridgehead atoms. The smallest absolute Gasteiger partial charge is 0.319 e. The number of aromatic nitrogens is 1. The molecule has 6 nitrogen and oxygen atoms in total. The first-order valence-electron chi connectivity index (χ1n) is 9.05. The van der Waals surface area contributed by atoms with Crippen LogP contribution in [0.4, 0.5) is 16.2 Å². The third kappa shape index (κ3) is 5.33. The molecule has 2 aromatic carbocycles. The van der Waals surface area contributed by atoms with Crippen LogP contribution < -0.4 is 15.5 Å². The number of rotatable bonds is 5. The van der Waals surface area contributed by atoms with Gasteiger partial charge in [0.2, 0.25) is 0 Å². The van der Waals surface area contributed by atoms with Crippen LogP contribution in [0, 0.1) is 0 Å². The monoisotopic (exact) mass is 408 g/mol. The first kappa shape index (κ1) is 20.4. The first-order valence-corrected chi connectivity index (χ1v) is 9.43. The highest BCUT2D eigenvalue weighted by Gasteiger charge is 2.14. The Labute approximate surface area is 174 Å². The fourth-order valence-corrected chi connectivity index (χ4v) is 2.90. The average molecular weight is 409 g/mol. The second kappa shape index (κ2) is 9.21. The standard InChI is InChI=1S/C22H21ClN4O2/c1-15(16-11-13-24-14-12-16)25-22(29)26-19-7-9-20(10-8-19)27(2)21(28)17-3-5-18(23)6-4-17/h3-15H,1-2H3,(H2,25,26,29). The van der Waals surface area contributed by atoms with Crippen LogP contribution in [0.3, 0.4) is 0 Å². The van der Waals surface area contributed by atoms with Crippen molar-refractivity contribution in [3.8, 4) is 0 Å². The Balaban J connectivity index is 1.60. The number of benzene rings is 2. The van der Waals surface area contributed by atoms with E-state index in [0.29, 0.717) is 22.0 Å². The Kier molecular flexibility index (Phi) is 6.46. The maximum absolute atomic E-state index is 12.6. The maximum Gasteiger partial charge on any atom is 0.319 e. The first-order chi connectivity index (χ1) is 13.9. The van der Waals surface area contributed by atoms with Gasteiger partial charge in [0.25, 0.3) is 5.91 Å². The van der Waals surface area contributed by atoms with Gasteiger partial charge in [0.1, 0.15) is 0 Å². The molecule has 0 spiro atoms. The zero-order chi connectivity index (χ0) is 20.8. The van der Waals surface area contributed by atoms with E-state index in [4.69, 9.17) is 11.6 Å². The molecular weight excluding hydrogens is 388 g/mol. The molecule has 3 amide bonds. The van der Waals surface area contributed by atoms with E-state index in [1.165, 1.54) is 0 Å². The lowest BCUT2D eigenvalue weighted by Crippen LogP contribution is -2.31. The Hall–Kier alpha value is -3.38. The molecule has 2 N–H and O–H groups in total. The number of carbonyl (C=O) groups excluding carboxylic acids is 2. The van der Waals surface area contributed by atoms with E-state index < -0.39 is 0 Å². The van der Waals surface area contributed by atoms with Crippen molar-refractivity contribution in [2.24, 2.45) is 0 Å². The van der Waals surface area contributed by atoms with E-state index in [1.54, 1.807) is 72.9 Å². The fourth-order valence-electron chi connectivity index (χ4n) is 2.77. The molecule has 0 aliphatic carbocycles. The zero-order valence-electron chi connectivity index (χ0n) is 16.1. The minimum atomic E-state index is -0.312. The normalized spacial score (nSPS) is 11.4. The van der Waals surface area contributed by atoms with Crippen LogP contribution in [0.15, 0.2) is 73.1 Å². The summed E-state index contributed by atoms with van der Waals surface area (Å²) in [6.07, 6.45) is 3.37. The van der Waals surface area contributed by atoms with Gasteiger partial charge in [0, 0.05) is 41.4 Å². The van der Waals surface area contributed by atoms with Crippen molar-refractivity contribution in [3.05, 3.63) is 89.2 Å². The number of nitrogens with one attached hydrogen (secondary N) is 2. The van der Waals surface area contributed by atoms with Crippen LogP contribution in [-0.4, -0.2) is 24.0 Å². The summed E-state index contributed by atoms with van der Waals surface area (Å²) in [7, 11) is 1.70. The minimum absolute atomic E-state index is 0.147. The van der Waals surface area contributed by atoms with Crippen molar-refractivity contribution in [1.29, 1.82) is 0 Å². The summed E-state index contributed by atoms with van der Waals surface area (Å²) >= 11 is 5.87. The summed E-state index contributed by atoms with van der Waals surface area (Å²) in [5, 5.41) is 6.25. The van der Waals surface area contributed by atoms with Crippen LogP contribution >= 0.6 is 11.6 Å². The summed E-state index contributed by atoms with van der Waals surface area (Å²) in [6.45, 7) is 1.90. The number of amides is 3. The molecule has 148 valence electrons. The van der Waals surface area contributed by atoms with Crippen molar-refractivity contribution in [2.45, 2.75) is 13.0 Å². The molecule has 1 heterocycles. The molecule has 1 atom stereocenters. The number of carbonyl (C=O) groups is 2. The number of pyridine rings is 1. The Morgan fingerprint density at radius 1 is 0.966 bits per heavy atom. The SMILES string of the molecule is CC(NC(=O)Nc1ccc(N(C)C(=O)c2ccc(Cl)cc2)cc1)c1ccncc1. The van der Waals surface area contributed by atoms with E-state index in [-0.39, 0.29) is 18.0 Å². The zero-order valence-corrected chi connectivity index (χ0v) is 16.9. The number of nitrogens with zero attached hydrogens (tertiary/aromatic N) is 2. The van der Waals surface area contributed by atoms with Crippen LogP contribution in [-0.2, 0) is 0 Å². The highest BCUT2D eigenvalue weighted by Crippen LogP contribution is 2.20. The van der Waals surface area contributed by atoms with E-state index in [1.807, 2.05) is 19.1 Å². The molecule has 0 aliphatic heterocycles. The van der Waals surface area contributed by atoms with Gasteiger partial charge in [-0.1, -0.05) is 11.6 Å². The van der Waals surface area contributed by atoms with E-state index in [9.17, 15) is 9.59 Å². The third-order valence-corrected chi connectivity index (χ3v) is 4.71. The Bertz CT molecular complexity index is 976. The van der Waals surface area contributed by atoms with Crippen molar-refractivity contribution in [1.82, 2.24) is 10.3 Å². The second-order valence-corrected chi connectivity index (χ2v) is 6.96. The molecule has 29 heavy (non-hydrogen) atoms. The van der Waals surface area contributed by atoms with Gasteiger partial charge in [0.15, 0.2) is 0 Å². The number of anilines is 2. The van der Waals surface area contributed by atoms with Gasteiger partial charge in [-0.3, -0.25) is 9.78 Å². The predicted octanol–water partition coefficient (Wildman–Crippen LogP) is 4.89. The highest BCUT2D eigenvalue weighted by atomic mass is 35.5. The van der Waals surface area contributed by atoms with Gasteiger partial charge in [0.05, 0.1) is 6.04 Å². The van der Waals surface area contributed by atoms with Gasteiger partial charge >= 0.3 is 6.03 Å². The van der Waals surface area contributed by atoms with Gasteiger partial charge in [-0.05, 0) is 73.2 Å². The summed E-state index contributed by atoms with van der Waals surface area (Å²) in [4.78, 5) is 30.3. The molecule has 7 heteroatoms. The van der Waals surface area contributed by atoms with Gasteiger partial charge in [-0.25, -0.2) is 4.79 Å². The van der Waals surface area contributed by atoms with Gasteiger partial charge < -0.3 is 15.5 Å². The van der Waals surface area contributed by atoms with Crippen molar-refractivity contribution < 1.29 is 9.59 Å². The van der Waals surface area contributed by atoms with E-state index in [0.717, 1.165) is 5.56 Å². The quantitative estimate of drug-likeness (QED) is 0.630. The summed E-state index contributed by atoms with van der Waals surface area (Å²) in [5.41, 5.74) is 2.85. The topological polar surface area (TPSA) is 74.3 Å². The minimum Gasteiger partial charge on any atom is -0.331 e. The van der Waals surface area contributed by atoms with Gasteiger partial charge in [-0.15, -0.1) is 0 Å². The largest absolute Gasteiger partial charge is 0.331 e. The number of halogens is 1. The second-order valence-electron chi connectivity index (χ2n) is 6.52. The summed E-state index contributed by atoms with van der Waals surface area (Å²) in [6, 6.07) is 17.0. The van der Waals surface area contributed by atoms with Crippen LogP contribution in [0.2, 0.25) is 5.02 Å². The molecule has 1 aromatic heterocycles. The Morgan fingerprint density at radius 3 is 2.21 bits per heavy atom. The van der Waals surface area contributed by atoms with Crippen LogP contribution in [0.1, 0.15) is 28.9 Å². The molecule has 1 unspecified atom stereocenters. The lowest BCUT2D eigenvalue weighted by molar-refractivity contribution is 0.0993. The molecular formula is C22H21ClN4O2. The van der Waals surface area contributed by atoms with Crippen molar-refractivity contribution in [3.63, 3.8) is 0 Å². The lowest BCUT2D eigenvalue weighted by Gasteiger charge is -2.18. The number of hydrogen-bond acceptors (Lipinski definition) is 3. The molecule has 0 aliphatic rings. The molecule has 0 saturated carbocycles. The van der Waals surface area contributed by atoms with Crippen molar-refractivity contribution >= 4 is 34.9 Å². The van der Waals surface area contributed by atoms with Crippen molar-refractivity contribution in [2.75, 3.05) is 17.3 Å². The molecule has 0 saturated heterocycles. The van der Waals surface area contributed by atoms with E-state index in [2.05, 4.69) is 15.6 Å². The predicted molar refractivity (Wildman–Crippen MR) is 115 cm³/mol. The highest BCUT2D eigenvalue weighted by molar-refractivity contribution is 6.30. The summed E-state index contributed by atoms with van der Waals surface area (Å²) < 4.78 is 0. The lowest BCUT2D eigenvalue weighted by atomic mass is 10.1. The fraction of sp³-hybridized carbons (Fsp3) is 0.136. The molecule has 3 rings (SSSR count). The van der Waals surface area contributed by atoms with Crippen LogP contribution in [0.5, 0.6) is 0 Å². The number of urea groups is 1. The van der Waals surface area contributed by atoms with E-state index >= 15 is 0 Å². The van der Waals surface area contributed by atoms with Gasteiger partial charge in [-0.2, -0.15) is 0 Å². The summed E-state index contributed by atoms with van der Waals surface area (Å²) in [5.74, 6) is -0.147. The molecule has 0 fully saturated rings. The molecule has 3 aromatic rings. The maximum atomic E-state index is 12.6. The molecule has 0 radical (unpaired) electrons. The number of hydrogen-bond donors (Lipinski definition) is 2. The average Bonchev–Trinajstić information content (AvgIpc) is 2.74. The third-order valence-electron chi connectivity index (χ3n) is 4.46.